The van der Waals surface area contributed by atoms with Crippen molar-refractivity contribution in [3.8, 4) is 0 Å². The van der Waals surface area contributed by atoms with E-state index < -0.39 is 0 Å². The van der Waals surface area contributed by atoms with Crippen LogP contribution in [0.25, 0.3) is 10.9 Å². The summed E-state index contributed by atoms with van der Waals surface area (Å²) in [5.74, 6) is 0.984. The smallest absolute Gasteiger partial charge is 0.0491 e. The molecule has 80 valence electrons. The zero-order chi connectivity index (χ0) is 10.7. The standard InChI is InChI=1S/C12H16N2S/c1-2-14-9-12(15-8-7-13)10-5-3-4-6-11(10)14/h3-6,9H,2,7-8,13H2,1H3. The molecule has 0 atom stereocenters. The van der Waals surface area contributed by atoms with Crippen molar-refractivity contribution in [2.45, 2.75) is 18.4 Å². The first kappa shape index (κ1) is 10.6. The first-order valence-corrected chi connectivity index (χ1v) is 6.26. The van der Waals surface area contributed by atoms with Gasteiger partial charge in [0.25, 0.3) is 0 Å². The molecule has 2 rings (SSSR count). The fraction of sp³-hybridized carbons (Fsp3) is 0.333. The lowest BCUT2D eigenvalue weighted by Crippen LogP contribution is -2.00. The lowest BCUT2D eigenvalue weighted by atomic mass is 10.2. The number of hydrogen-bond donors (Lipinski definition) is 1. The fourth-order valence-electron chi connectivity index (χ4n) is 1.76. The molecule has 0 unspecified atom stereocenters. The van der Waals surface area contributed by atoms with E-state index >= 15 is 0 Å². The van der Waals surface area contributed by atoms with Crippen LogP contribution in [0.15, 0.2) is 35.4 Å². The van der Waals surface area contributed by atoms with E-state index in [9.17, 15) is 0 Å². The summed E-state index contributed by atoms with van der Waals surface area (Å²) in [5, 5.41) is 1.35. The summed E-state index contributed by atoms with van der Waals surface area (Å²) in [6.45, 7) is 3.92. The minimum absolute atomic E-state index is 0.732. The zero-order valence-corrected chi connectivity index (χ0v) is 9.76. The second kappa shape index (κ2) is 4.73. The van der Waals surface area contributed by atoms with Gasteiger partial charge in [-0.15, -0.1) is 11.8 Å². The number of hydrogen-bond acceptors (Lipinski definition) is 2. The third-order valence-electron chi connectivity index (χ3n) is 2.47. The van der Waals surface area contributed by atoms with Crippen LogP contribution in [0.1, 0.15) is 6.92 Å². The van der Waals surface area contributed by atoms with E-state index in [1.807, 2.05) is 11.8 Å². The van der Waals surface area contributed by atoms with Crippen LogP contribution in [0, 0.1) is 0 Å². The molecule has 0 radical (unpaired) electrons. The number of rotatable bonds is 4. The Balaban J connectivity index is 2.45. The highest BCUT2D eigenvalue weighted by Crippen LogP contribution is 2.29. The van der Waals surface area contributed by atoms with E-state index in [-0.39, 0.29) is 0 Å². The van der Waals surface area contributed by atoms with Gasteiger partial charge in [0.2, 0.25) is 0 Å². The highest BCUT2D eigenvalue weighted by atomic mass is 32.2. The number of para-hydroxylation sites is 1. The molecule has 0 bridgehead atoms. The molecule has 0 aliphatic carbocycles. The van der Waals surface area contributed by atoms with Crippen LogP contribution in [0.2, 0.25) is 0 Å². The predicted octanol–water partition coefficient (Wildman–Crippen LogP) is 2.71. The Hall–Kier alpha value is -0.930. The third kappa shape index (κ3) is 2.03. The molecule has 0 aliphatic rings. The molecule has 15 heavy (non-hydrogen) atoms. The molecule has 0 saturated heterocycles. The molecule has 0 fully saturated rings. The van der Waals surface area contributed by atoms with Gasteiger partial charge in [-0.1, -0.05) is 18.2 Å². The number of nitrogens with two attached hydrogens (primary N) is 1. The first-order chi connectivity index (χ1) is 7.36. The van der Waals surface area contributed by atoms with Crippen LogP contribution in [0.5, 0.6) is 0 Å². The first-order valence-electron chi connectivity index (χ1n) is 5.27. The number of benzene rings is 1. The Bertz CT molecular complexity index is 448. The van der Waals surface area contributed by atoms with Crippen molar-refractivity contribution in [2.75, 3.05) is 12.3 Å². The average Bonchev–Trinajstić information content (AvgIpc) is 2.65. The van der Waals surface area contributed by atoms with Crippen LogP contribution in [0.4, 0.5) is 0 Å². The van der Waals surface area contributed by atoms with Gasteiger partial charge in [0.05, 0.1) is 0 Å². The van der Waals surface area contributed by atoms with Gasteiger partial charge in [0.15, 0.2) is 0 Å². The minimum Gasteiger partial charge on any atom is -0.347 e. The van der Waals surface area contributed by atoms with E-state index in [1.54, 1.807) is 0 Å². The van der Waals surface area contributed by atoms with Gasteiger partial charge in [-0.2, -0.15) is 0 Å². The van der Waals surface area contributed by atoms with E-state index in [2.05, 4.69) is 42.0 Å². The Morgan fingerprint density at radius 2 is 2.13 bits per heavy atom. The molecule has 0 aliphatic heterocycles. The van der Waals surface area contributed by atoms with Crippen LogP contribution >= 0.6 is 11.8 Å². The fourth-order valence-corrected chi connectivity index (χ4v) is 2.63. The van der Waals surface area contributed by atoms with Crippen molar-refractivity contribution in [1.82, 2.24) is 4.57 Å². The van der Waals surface area contributed by atoms with E-state index in [4.69, 9.17) is 5.73 Å². The molecule has 3 heteroatoms. The van der Waals surface area contributed by atoms with Crippen molar-refractivity contribution in [3.63, 3.8) is 0 Å². The molecule has 0 spiro atoms. The van der Waals surface area contributed by atoms with E-state index in [0.29, 0.717) is 0 Å². The van der Waals surface area contributed by atoms with Crippen molar-refractivity contribution >= 4 is 22.7 Å². The largest absolute Gasteiger partial charge is 0.347 e. The summed E-state index contributed by atoms with van der Waals surface area (Å²) in [5.41, 5.74) is 6.85. The highest BCUT2D eigenvalue weighted by Gasteiger charge is 2.06. The molecule has 1 heterocycles. The maximum absolute atomic E-state index is 5.53. The Morgan fingerprint density at radius 3 is 2.87 bits per heavy atom. The van der Waals surface area contributed by atoms with Crippen molar-refractivity contribution < 1.29 is 0 Å². The summed E-state index contributed by atoms with van der Waals surface area (Å²) >= 11 is 1.84. The van der Waals surface area contributed by atoms with Crippen molar-refractivity contribution in [2.24, 2.45) is 5.73 Å². The summed E-state index contributed by atoms with van der Waals surface area (Å²) < 4.78 is 2.29. The van der Waals surface area contributed by atoms with Crippen LogP contribution in [-0.2, 0) is 6.54 Å². The number of fused-ring (bicyclic) bond motifs is 1. The zero-order valence-electron chi connectivity index (χ0n) is 8.94. The van der Waals surface area contributed by atoms with E-state index in [0.717, 1.165) is 18.8 Å². The molecule has 1 aromatic heterocycles. The predicted molar refractivity (Wildman–Crippen MR) is 67.4 cm³/mol. The lowest BCUT2D eigenvalue weighted by Gasteiger charge is -1.97. The summed E-state index contributed by atoms with van der Waals surface area (Å²) in [6.07, 6.45) is 2.23. The Labute approximate surface area is 94.5 Å². The van der Waals surface area contributed by atoms with Gasteiger partial charge in [0.1, 0.15) is 0 Å². The van der Waals surface area contributed by atoms with Gasteiger partial charge >= 0.3 is 0 Å². The SMILES string of the molecule is CCn1cc(SCCN)c2ccccc21. The molecule has 0 amide bonds. The maximum Gasteiger partial charge on any atom is 0.0491 e. The van der Waals surface area contributed by atoms with Gasteiger partial charge in [-0.3, -0.25) is 0 Å². The molecule has 2 N–H and O–H groups in total. The summed E-state index contributed by atoms with van der Waals surface area (Å²) in [7, 11) is 0. The van der Waals surface area contributed by atoms with Crippen molar-refractivity contribution in [3.05, 3.63) is 30.5 Å². The Morgan fingerprint density at radius 1 is 1.33 bits per heavy atom. The normalized spacial score (nSPS) is 11.1. The lowest BCUT2D eigenvalue weighted by molar-refractivity contribution is 0.792. The van der Waals surface area contributed by atoms with Gasteiger partial charge in [-0.05, 0) is 13.0 Å². The maximum atomic E-state index is 5.53. The second-order valence-electron chi connectivity index (χ2n) is 3.43. The molecule has 1 aromatic carbocycles. The molecular weight excluding hydrogens is 204 g/mol. The molecular formula is C12H16N2S. The van der Waals surface area contributed by atoms with Crippen LogP contribution in [-0.4, -0.2) is 16.9 Å². The summed E-state index contributed by atoms with van der Waals surface area (Å²) in [6, 6.07) is 8.53. The third-order valence-corrected chi connectivity index (χ3v) is 3.54. The minimum atomic E-state index is 0.732. The Kier molecular flexibility index (Phi) is 3.34. The monoisotopic (exact) mass is 220 g/mol. The topological polar surface area (TPSA) is 30.9 Å². The van der Waals surface area contributed by atoms with Crippen molar-refractivity contribution in [1.29, 1.82) is 0 Å². The number of nitrogens with zero attached hydrogens (tertiary/aromatic N) is 1. The average molecular weight is 220 g/mol. The van der Waals surface area contributed by atoms with Gasteiger partial charge in [0, 0.05) is 40.8 Å². The van der Waals surface area contributed by atoms with Crippen LogP contribution < -0.4 is 5.73 Å². The highest BCUT2D eigenvalue weighted by molar-refractivity contribution is 7.99. The summed E-state index contributed by atoms with van der Waals surface area (Å²) in [4.78, 5) is 1.35. The van der Waals surface area contributed by atoms with Gasteiger partial charge < -0.3 is 10.3 Å². The quantitative estimate of drug-likeness (QED) is 0.803. The molecule has 0 saturated carbocycles. The van der Waals surface area contributed by atoms with Gasteiger partial charge in [-0.25, -0.2) is 0 Å². The second-order valence-corrected chi connectivity index (χ2v) is 4.57. The molecule has 2 aromatic rings. The molecule has 2 nitrogen and oxygen atoms in total. The number of aryl methyl sites for hydroxylation is 1. The van der Waals surface area contributed by atoms with E-state index in [1.165, 1.54) is 15.8 Å². The number of aromatic nitrogens is 1. The number of thioether (sulfide) groups is 1. The van der Waals surface area contributed by atoms with Crippen LogP contribution in [0.3, 0.4) is 0 Å².